The van der Waals surface area contributed by atoms with E-state index in [9.17, 15) is 0 Å². The second-order valence-corrected chi connectivity index (χ2v) is 5.46. The lowest BCUT2D eigenvalue weighted by Gasteiger charge is -2.23. The summed E-state index contributed by atoms with van der Waals surface area (Å²) in [6.07, 6.45) is 5.61. The Kier molecular flexibility index (Phi) is 2.51. The third-order valence-corrected chi connectivity index (χ3v) is 3.98. The fourth-order valence-corrected chi connectivity index (χ4v) is 3.17. The fraction of sp³-hybridized carbons (Fsp3) is 0.600. The van der Waals surface area contributed by atoms with Gasteiger partial charge in [-0.3, -0.25) is 0 Å². The van der Waals surface area contributed by atoms with E-state index in [1.165, 1.54) is 31.2 Å². The molecular formula is C15H20O. The van der Waals surface area contributed by atoms with Gasteiger partial charge in [-0.2, -0.15) is 0 Å². The Morgan fingerprint density at radius 1 is 1.12 bits per heavy atom. The number of rotatable bonds is 1. The van der Waals surface area contributed by atoms with E-state index in [1.54, 1.807) is 16.7 Å². The number of fused-ring (bicyclic) bond motifs is 3. The van der Waals surface area contributed by atoms with Crippen LogP contribution in [0.25, 0.3) is 0 Å². The molecule has 1 heteroatoms. The van der Waals surface area contributed by atoms with Crippen LogP contribution in [0.4, 0.5) is 0 Å². The van der Waals surface area contributed by atoms with Gasteiger partial charge in [-0.15, -0.1) is 0 Å². The van der Waals surface area contributed by atoms with E-state index in [4.69, 9.17) is 4.74 Å². The summed E-state index contributed by atoms with van der Waals surface area (Å²) in [7, 11) is 0. The van der Waals surface area contributed by atoms with Crippen molar-refractivity contribution in [2.45, 2.75) is 52.2 Å². The van der Waals surface area contributed by atoms with E-state index in [0.717, 1.165) is 6.61 Å². The monoisotopic (exact) mass is 216 g/mol. The SMILES string of the molecule is CC(C)C1OCc2ccc3c(c21)CCCC3. The van der Waals surface area contributed by atoms with Gasteiger partial charge in [0.25, 0.3) is 0 Å². The maximum absolute atomic E-state index is 5.95. The number of hydrogen-bond donors (Lipinski definition) is 0. The number of ether oxygens (including phenoxy) is 1. The van der Waals surface area contributed by atoms with Crippen molar-refractivity contribution in [1.82, 2.24) is 0 Å². The highest BCUT2D eigenvalue weighted by molar-refractivity contribution is 5.45. The smallest absolute Gasteiger partial charge is 0.0858 e. The molecule has 86 valence electrons. The van der Waals surface area contributed by atoms with Crippen LogP contribution in [-0.2, 0) is 24.2 Å². The van der Waals surface area contributed by atoms with Crippen LogP contribution in [0.5, 0.6) is 0 Å². The average Bonchev–Trinajstić information content (AvgIpc) is 2.73. The lowest BCUT2D eigenvalue weighted by molar-refractivity contribution is 0.0337. The Balaban J connectivity index is 2.11. The Labute approximate surface area is 97.8 Å². The molecule has 1 atom stereocenters. The lowest BCUT2D eigenvalue weighted by atomic mass is 9.83. The first-order valence-electron chi connectivity index (χ1n) is 6.52. The number of aryl methyl sites for hydroxylation is 1. The highest BCUT2D eigenvalue weighted by atomic mass is 16.5. The predicted molar refractivity (Wildman–Crippen MR) is 65.5 cm³/mol. The summed E-state index contributed by atoms with van der Waals surface area (Å²) >= 11 is 0. The van der Waals surface area contributed by atoms with Gasteiger partial charge in [-0.1, -0.05) is 26.0 Å². The summed E-state index contributed by atoms with van der Waals surface area (Å²) in [6.45, 7) is 5.36. The van der Waals surface area contributed by atoms with Gasteiger partial charge in [0.15, 0.2) is 0 Å². The van der Waals surface area contributed by atoms with E-state index in [0.29, 0.717) is 12.0 Å². The average molecular weight is 216 g/mol. The molecule has 1 nitrogen and oxygen atoms in total. The minimum absolute atomic E-state index is 0.350. The molecule has 1 heterocycles. The van der Waals surface area contributed by atoms with Crippen LogP contribution in [0.2, 0.25) is 0 Å². The molecule has 0 aromatic heterocycles. The standard InChI is InChI=1S/C15H20O/c1-10(2)15-14-12(9-16-15)8-7-11-5-3-4-6-13(11)14/h7-8,10,15H,3-6,9H2,1-2H3. The van der Waals surface area contributed by atoms with E-state index in [2.05, 4.69) is 26.0 Å². The van der Waals surface area contributed by atoms with Gasteiger partial charge in [-0.25, -0.2) is 0 Å². The third-order valence-electron chi connectivity index (χ3n) is 3.98. The van der Waals surface area contributed by atoms with Gasteiger partial charge in [-0.05, 0) is 53.9 Å². The van der Waals surface area contributed by atoms with Crippen molar-refractivity contribution in [2.24, 2.45) is 5.92 Å². The molecule has 0 fully saturated rings. The van der Waals surface area contributed by atoms with Crippen molar-refractivity contribution >= 4 is 0 Å². The number of hydrogen-bond acceptors (Lipinski definition) is 1. The molecule has 1 aromatic rings. The minimum Gasteiger partial charge on any atom is -0.369 e. The van der Waals surface area contributed by atoms with Crippen LogP contribution >= 0.6 is 0 Å². The molecule has 0 bridgehead atoms. The first-order valence-corrected chi connectivity index (χ1v) is 6.52. The van der Waals surface area contributed by atoms with Crippen LogP contribution < -0.4 is 0 Å². The van der Waals surface area contributed by atoms with E-state index < -0.39 is 0 Å². The maximum Gasteiger partial charge on any atom is 0.0858 e. The second-order valence-electron chi connectivity index (χ2n) is 5.46. The van der Waals surface area contributed by atoms with Crippen LogP contribution in [0.15, 0.2) is 12.1 Å². The van der Waals surface area contributed by atoms with Gasteiger partial charge in [0.2, 0.25) is 0 Å². The molecule has 3 rings (SSSR count). The quantitative estimate of drug-likeness (QED) is 0.694. The molecule has 1 aliphatic carbocycles. The summed E-state index contributed by atoms with van der Waals surface area (Å²) < 4.78 is 5.95. The molecule has 0 saturated carbocycles. The topological polar surface area (TPSA) is 9.23 Å². The summed E-state index contributed by atoms with van der Waals surface area (Å²) in [5.74, 6) is 0.592. The molecule has 0 radical (unpaired) electrons. The minimum atomic E-state index is 0.350. The Hall–Kier alpha value is -0.820. The lowest BCUT2D eigenvalue weighted by Crippen LogP contribution is -2.12. The van der Waals surface area contributed by atoms with Gasteiger partial charge < -0.3 is 4.74 Å². The van der Waals surface area contributed by atoms with Gasteiger partial charge in [0.05, 0.1) is 12.7 Å². The molecule has 1 aliphatic heterocycles. The van der Waals surface area contributed by atoms with Gasteiger partial charge in [0, 0.05) is 0 Å². The van der Waals surface area contributed by atoms with E-state index in [1.807, 2.05) is 0 Å². The second kappa shape index (κ2) is 3.89. The Bertz CT molecular complexity index is 406. The molecule has 0 spiro atoms. The first-order chi connectivity index (χ1) is 7.77. The molecule has 2 aliphatic rings. The van der Waals surface area contributed by atoms with Crippen molar-refractivity contribution in [3.63, 3.8) is 0 Å². The molecule has 1 unspecified atom stereocenters. The molecule has 16 heavy (non-hydrogen) atoms. The zero-order valence-electron chi connectivity index (χ0n) is 10.3. The first kappa shape index (κ1) is 10.3. The summed E-state index contributed by atoms with van der Waals surface area (Å²) in [4.78, 5) is 0. The Morgan fingerprint density at radius 2 is 1.88 bits per heavy atom. The zero-order chi connectivity index (χ0) is 11.1. The van der Waals surface area contributed by atoms with Crippen LogP contribution in [-0.4, -0.2) is 0 Å². The zero-order valence-corrected chi connectivity index (χ0v) is 10.3. The molecule has 0 amide bonds. The van der Waals surface area contributed by atoms with E-state index >= 15 is 0 Å². The summed E-state index contributed by atoms with van der Waals surface area (Å²) in [5, 5.41) is 0. The van der Waals surface area contributed by atoms with E-state index in [-0.39, 0.29) is 0 Å². The largest absolute Gasteiger partial charge is 0.369 e. The van der Waals surface area contributed by atoms with Crippen molar-refractivity contribution in [3.8, 4) is 0 Å². The summed E-state index contributed by atoms with van der Waals surface area (Å²) in [5.41, 5.74) is 6.20. The fourth-order valence-electron chi connectivity index (χ4n) is 3.17. The predicted octanol–water partition coefficient (Wildman–Crippen LogP) is 3.79. The third kappa shape index (κ3) is 1.49. The molecule has 1 aromatic carbocycles. The van der Waals surface area contributed by atoms with Gasteiger partial charge >= 0.3 is 0 Å². The maximum atomic E-state index is 5.95. The van der Waals surface area contributed by atoms with Crippen molar-refractivity contribution in [1.29, 1.82) is 0 Å². The molecule has 0 N–H and O–H groups in total. The van der Waals surface area contributed by atoms with Crippen molar-refractivity contribution in [3.05, 3.63) is 34.4 Å². The molecule has 0 saturated heterocycles. The number of benzene rings is 1. The van der Waals surface area contributed by atoms with Crippen LogP contribution in [0.3, 0.4) is 0 Å². The van der Waals surface area contributed by atoms with Crippen LogP contribution in [0, 0.1) is 5.92 Å². The van der Waals surface area contributed by atoms with Crippen molar-refractivity contribution in [2.75, 3.05) is 0 Å². The van der Waals surface area contributed by atoms with Crippen molar-refractivity contribution < 1.29 is 4.74 Å². The highest BCUT2D eigenvalue weighted by Crippen LogP contribution is 2.41. The van der Waals surface area contributed by atoms with Gasteiger partial charge in [0.1, 0.15) is 0 Å². The molecular weight excluding hydrogens is 196 g/mol. The highest BCUT2D eigenvalue weighted by Gasteiger charge is 2.30. The Morgan fingerprint density at radius 3 is 2.69 bits per heavy atom. The normalized spacial score (nSPS) is 23.3. The summed E-state index contributed by atoms with van der Waals surface area (Å²) in [6, 6.07) is 4.63. The van der Waals surface area contributed by atoms with Crippen LogP contribution in [0.1, 0.15) is 55.0 Å².